The van der Waals surface area contributed by atoms with Crippen molar-refractivity contribution in [1.82, 2.24) is 9.38 Å². The average Bonchev–Trinajstić information content (AvgIpc) is 3.00. The SMILES string of the molecule is CN(C)c1ccc(-c2nc3ccc(Br)cn3c2NC2CCCCC2)cc1. The predicted molar refractivity (Wildman–Crippen MR) is 113 cm³/mol. The van der Waals surface area contributed by atoms with Crippen LogP contribution in [-0.2, 0) is 0 Å². The third-order valence-corrected chi connectivity index (χ3v) is 5.65. The Kier molecular flexibility index (Phi) is 4.90. The molecule has 0 unspecified atom stereocenters. The molecule has 1 aliphatic carbocycles. The Bertz CT molecular complexity index is 892. The van der Waals surface area contributed by atoms with E-state index in [1.165, 1.54) is 37.8 Å². The molecule has 2 aromatic heterocycles. The highest BCUT2D eigenvalue weighted by Gasteiger charge is 2.19. The fourth-order valence-corrected chi connectivity index (χ4v) is 4.05. The summed E-state index contributed by atoms with van der Waals surface area (Å²) in [6, 6.07) is 13.3. The second-order valence-electron chi connectivity index (χ2n) is 7.31. The van der Waals surface area contributed by atoms with E-state index < -0.39 is 0 Å². The Balaban J connectivity index is 1.78. The lowest BCUT2D eigenvalue weighted by molar-refractivity contribution is 0.462. The summed E-state index contributed by atoms with van der Waals surface area (Å²) in [5, 5.41) is 3.80. The molecule has 2 heterocycles. The van der Waals surface area contributed by atoms with Gasteiger partial charge in [-0.05, 0) is 53.0 Å². The zero-order valence-electron chi connectivity index (χ0n) is 15.4. The molecule has 5 heteroatoms. The molecule has 0 amide bonds. The van der Waals surface area contributed by atoms with Crippen LogP contribution >= 0.6 is 15.9 Å². The molecule has 1 aliphatic rings. The van der Waals surface area contributed by atoms with Crippen LogP contribution in [0.3, 0.4) is 0 Å². The highest BCUT2D eigenvalue weighted by Crippen LogP contribution is 2.33. The molecule has 0 spiro atoms. The van der Waals surface area contributed by atoms with E-state index in [9.17, 15) is 0 Å². The van der Waals surface area contributed by atoms with Gasteiger partial charge in [-0.2, -0.15) is 0 Å². The topological polar surface area (TPSA) is 32.6 Å². The van der Waals surface area contributed by atoms with Gasteiger partial charge in [-0.15, -0.1) is 0 Å². The van der Waals surface area contributed by atoms with E-state index in [0.29, 0.717) is 6.04 Å². The summed E-state index contributed by atoms with van der Waals surface area (Å²) in [5.41, 5.74) is 4.34. The van der Waals surface area contributed by atoms with Crippen LogP contribution in [0.25, 0.3) is 16.9 Å². The summed E-state index contributed by atoms with van der Waals surface area (Å²) in [5.74, 6) is 1.10. The van der Waals surface area contributed by atoms with Gasteiger partial charge in [0.15, 0.2) is 0 Å². The molecule has 26 heavy (non-hydrogen) atoms. The number of nitrogens with zero attached hydrogens (tertiary/aromatic N) is 3. The van der Waals surface area contributed by atoms with E-state index in [-0.39, 0.29) is 0 Å². The molecule has 1 aromatic carbocycles. The summed E-state index contributed by atoms with van der Waals surface area (Å²) in [6.45, 7) is 0. The fraction of sp³-hybridized carbons (Fsp3) is 0.381. The van der Waals surface area contributed by atoms with E-state index in [1.54, 1.807) is 0 Å². The standard InChI is InChI=1S/C21H25BrN4/c1-25(2)18-11-8-15(9-12-18)20-21(23-17-6-4-3-5-7-17)26-14-16(22)10-13-19(26)24-20/h8-14,17,23H,3-7H2,1-2H3. The third kappa shape index (κ3) is 3.45. The maximum atomic E-state index is 4.93. The van der Waals surface area contributed by atoms with Crippen molar-refractivity contribution in [2.24, 2.45) is 0 Å². The van der Waals surface area contributed by atoms with E-state index in [4.69, 9.17) is 4.98 Å². The Morgan fingerprint density at radius 2 is 1.77 bits per heavy atom. The lowest BCUT2D eigenvalue weighted by Crippen LogP contribution is -2.23. The molecule has 4 rings (SSSR count). The van der Waals surface area contributed by atoms with Crippen molar-refractivity contribution in [2.45, 2.75) is 38.1 Å². The lowest BCUT2D eigenvalue weighted by Gasteiger charge is -2.24. The first-order valence-electron chi connectivity index (χ1n) is 9.34. The summed E-state index contributed by atoms with van der Waals surface area (Å²) in [4.78, 5) is 7.05. The molecule has 1 saturated carbocycles. The van der Waals surface area contributed by atoms with Crippen LogP contribution in [0, 0.1) is 0 Å². The zero-order chi connectivity index (χ0) is 18.1. The number of aromatic nitrogens is 2. The summed E-state index contributed by atoms with van der Waals surface area (Å²) < 4.78 is 3.23. The number of benzene rings is 1. The van der Waals surface area contributed by atoms with Crippen LogP contribution in [0.2, 0.25) is 0 Å². The van der Waals surface area contributed by atoms with Crippen LogP contribution < -0.4 is 10.2 Å². The van der Waals surface area contributed by atoms with Crippen LogP contribution in [0.5, 0.6) is 0 Å². The van der Waals surface area contributed by atoms with Gasteiger partial charge in [0.25, 0.3) is 0 Å². The van der Waals surface area contributed by atoms with Crippen LogP contribution in [0.15, 0.2) is 47.1 Å². The maximum Gasteiger partial charge on any atom is 0.139 e. The Labute approximate surface area is 163 Å². The van der Waals surface area contributed by atoms with Crippen LogP contribution in [-0.4, -0.2) is 29.5 Å². The molecule has 0 saturated heterocycles. The van der Waals surface area contributed by atoms with Crippen molar-refractivity contribution in [1.29, 1.82) is 0 Å². The molecular formula is C21H25BrN4. The first kappa shape index (κ1) is 17.4. The fourth-order valence-electron chi connectivity index (χ4n) is 3.72. The zero-order valence-corrected chi connectivity index (χ0v) is 17.0. The van der Waals surface area contributed by atoms with Gasteiger partial charge < -0.3 is 10.2 Å². The number of nitrogens with one attached hydrogen (secondary N) is 1. The van der Waals surface area contributed by atoms with Crippen molar-refractivity contribution in [2.75, 3.05) is 24.3 Å². The predicted octanol–water partition coefficient (Wildman–Crippen LogP) is 5.57. The Morgan fingerprint density at radius 3 is 2.46 bits per heavy atom. The van der Waals surface area contributed by atoms with E-state index in [2.05, 4.69) is 81.2 Å². The monoisotopic (exact) mass is 412 g/mol. The largest absolute Gasteiger partial charge is 0.378 e. The number of hydrogen-bond donors (Lipinski definition) is 1. The highest BCUT2D eigenvalue weighted by atomic mass is 79.9. The van der Waals surface area contributed by atoms with Gasteiger partial charge in [0.05, 0.1) is 0 Å². The van der Waals surface area contributed by atoms with Crippen molar-refractivity contribution >= 4 is 33.1 Å². The third-order valence-electron chi connectivity index (χ3n) is 5.19. The van der Waals surface area contributed by atoms with Gasteiger partial charge in [-0.1, -0.05) is 31.4 Å². The van der Waals surface area contributed by atoms with Gasteiger partial charge in [-0.3, -0.25) is 4.40 Å². The molecule has 4 nitrogen and oxygen atoms in total. The molecule has 1 N–H and O–H groups in total. The van der Waals surface area contributed by atoms with Gasteiger partial charge in [0.1, 0.15) is 17.2 Å². The van der Waals surface area contributed by atoms with Crippen molar-refractivity contribution in [3.63, 3.8) is 0 Å². The first-order chi connectivity index (χ1) is 12.6. The molecule has 0 bridgehead atoms. The molecule has 0 aliphatic heterocycles. The summed E-state index contributed by atoms with van der Waals surface area (Å²) in [6.07, 6.45) is 8.55. The number of anilines is 2. The van der Waals surface area contributed by atoms with E-state index in [1.807, 2.05) is 6.07 Å². The smallest absolute Gasteiger partial charge is 0.139 e. The Hall–Kier alpha value is -2.01. The van der Waals surface area contributed by atoms with Gasteiger partial charge in [0.2, 0.25) is 0 Å². The summed E-state index contributed by atoms with van der Waals surface area (Å²) >= 11 is 3.60. The molecule has 0 atom stereocenters. The minimum Gasteiger partial charge on any atom is -0.378 e. The van der Waals surface area contributed by atoms with E-state index in [0.717, 1.165) is 27.2 Å². The number of hydrogen-bond acceptors (Lipinski definition) is 3. The summed E-state index contributed by atoms with van der Waals surface area (Å²) in [7, 11) is 4.13. The molecule has 0 radical (unpaired) electrons. The number of pyridine rings is 1. The second-order valence-corrected chi connectivity index (χ2v) is 8.22. The molecule has 136 valence electrons. The van der Waals surface area contributed by atoms with E-state index >= 15 is 0 Å². The number of imidazole rings is 1. The minimum absolute atomic E-state index is 0.530. The number of rotatable bonds is 4. The lowest BCUT2D eigenvalue weighted by atomic mass is 9.95. The molecule has 1 fully saturated rings. The van der Waals surface area contributed by atoms with Crippen LogP contribution in [0.4, 0.5) is 11.5 Å². The van der Waals surface area contributed by atoms with Crippen molar-refractivity contribution < 1.29 is 0 Å². The average molecular weight is 413 g/mol. The minimum atomic E-state index is 0.530. The van der Waals surface area contributed by atoms with Gasteiger partial charge in [0, 0.05) is 42.1 Å². The second kappa shape index (κ2) is 7.31. The quantitative estimate of drug-likeness (QED) is 0.607. The first-order valence-corrected chi connectivity index (χ1v) is 10.1. The molecule has 3 aromatic rings. The maximum absolute atomic E-state index is 4.93. The van der Waals surface area contributed by atoms with Crippen molar-refractivity contribution in [3.05, 3.63) is 47.1 Å². The van der Waals surface area contributed by atoms with Crippen LogP contribution in [0.1, 0.15) is 32.1 Å². The Morgan fingerprint density at radius 1 is 1.04 bits per heavy atom. The number of halogens is 1. The normalized spacial score (nSPS) is 15.3. The molecular weight excluding hydrogens is 388 g/mol. The van der Waals surface area contributed by atoms with Gasteiger partial charge in [-0.25, -0.2) is 4.98 Å². The van der Waals surface area contributed by atoms with Crippen molar-refractivity contribution in [3.8, 4) is 11.3 Å². The number of fused-ring (bicyclic) bond motifs is 1. The van der Waals surface area contributed by atoms with Gasteiger partial charge >= 0.3 is 0 Å². The highest BCUT2D eigenvalue weighted by molar-refractivity contribution is 9.10.